The Kier molecular flexibility index (Phi) is 7.43. The minimum absolute atomic E-state index is 0.0692. The smallest absolute Gasteiger partial charge is 0.209 e. The predicted molar refractivity (Wildman–Crippen MR) is 168 cm³/mol. The van der Waals surface area contributed by atoms with Gasteiger partial charge in [-0.05, 0) is 56.5 Å². The molecule has 0 spiro atoms. The van der Waals surface area contributed by atoms with Gasteiger partial charge in [-0.15, -0.1) is 0 Å². The van der Waals surface area contributed by atoms with Crippen LogP contribution < -0.4 is 9.64 Å². The average molecular weight is 560 g/mol. The molecule has 6 nitrogen and oxygen atoms in total. The van der Waals surface area contributed by atoms with E-state index in [0.29, 0.717) is 16.7 Å². The van der Waals surface area contributed by atoms with Gasteiger partial charge in [-0.2, -0.15) is 9.84 Å². The van der Waals surface area contributed by atoms with Gasteiger partial charge in [0.1, 0.15) is 23.9 Å². The van der Waals surface area contributed by atoms with Crippen LogP contribution in [0.4, 0.5) is 11.4 Å². The van der Waals surface area contributed by atoms with E-state index in [0.717, 1.165) is 60.0 Å². The first kappa shape index (κ1) is 29.0. The molecule has 0 unspecified atom stereocenters. The lowest BCUT2D eigenvalue weighted by Crippen LogP contribution is -2.32. The maximum Gasteiger partial charge on any atom is 0.209 e. The van der Waals surface area contributed by atoms with Crippen LogP contribution in [0.2, 0.25) is 0 Å². The maximum atomic E-state index is 14.0. The van der Waals surface area contributed by atoms with Crippen LogP contribution in [0.5, 0.6) is 5.75 Å². The number of nitriles is 1. The van der Waals surface area contributed by atoms with Gasteiger partial charge < -0.3 is 9.64 Å². The molecular weight excluding hydrogens is 520 g/mol. The first-order valence-corrected chi connectivity index (χ1v) is 14.7. The molecule has 5 rings (SSSR count). The number of nitrogens with one attached hydrogen (secondary N) is 1. The van der Waals surface area contributed by atoms with Crippen LogP contribution in [0.3, 0.4) is 0 Å². The van der Waals surface area contributed by atoms with Gasteiger partial charge >= 0.3 is 0 Å². The summed E-state index contributed by atoms with van der Waals surface area (Å²) in [6.07, 6.45) is 5.95. The Balaban J connectivity index is 1.70. The number of ketones is 1. The fraction of sp³-hybridized carbons (Fsp3) is 0.361. The molecule has 0 atom stereocenters. The molecular formula is C36H39N4O2+. The van der Waals surface area contributed by atoms with Gasteiger partial charge in [-0.3, -0.25) is 10.2 Å². The summed E-state index contributed by atoms with van der Waals surface area (Å²) in [4.78, 5) is 16.2. The molecule has 0 radical (unpaired) electrons. The number of likely N-dealkylation sites (N-methyl/N-ethyl adjacent to an activating group) is 1. The van der Waals surface area contributed by atoms with Crippen molar-refractivity contribution in [2.75, 3.05) is 25.1 Å². The minimum Gasteiger partial charge on any atom is -0.497 e. The Labute approximate surface area is 249 Å². The lowest BCUT2D eigenvalue weighted by Gasteiger charge is -2.30. The third kappa shape index (κ3) is 4.28. The summed E-state index contributed by atoms with van der Waals surface area (Å²) in [7, 11) is 1.66. The summed E-state index contributed by atoms with van der Waals surface area (Å²) >= 11 is 0. The molecule has 0 fully saturated rings. The van der Waals surface area contributed by atoms with Gasteiger partial charge in [-0.1, -0.05) is 45.4 Å². The summed E-state index contributed by atoms with van der Waals surface area (Å²) in [5.74, 6) is 2.99. The molecule has 0 bridgehead atoms. The Morgan fingerprint density at radius 2 is 1.81 bits per heavy atom. The van der Waals surface area contributed by atoms with Gasteiger partial charge in [0.15, 0.2) is 11.5 Å². The molecule has 1 N–H and O–H groups in total. The fourth-order valence-electron chi connectivity index (χ4n) is 6.66. The van der Waals surface area contributed by atoms with Crippen molar-refractivity contribution < 1.29 is 14.1 Å². The monoisotopic (exact) mass is 559 g/mol. The molecule has 0 aromatic heterocycles. The zero-order valence-electron chi connectivity index (χ0n) is 25.7. The summed E-state index contributed by atoms with van der Waals surface area (Å²) in [6.45, 7) is 14.5. The summed E-state index contributed by atoms with van der Waals surface area (Å²) in [6, 6.07) is 16.6. The molecule has 214 valence electrons. The van der Waals surface area contributed by atoms with E-state index < -0.39 is 5.41 Å². The van der Waals surface area contributed by atoms with Crippen molar-refractivity contribution in [1.82, 2.24) is 0 Å². The van der Waals surface area contributed by atoms with Crippen LogP contribution in [0.15, 0.2) is 82.6 Å². The van der Waals surface area contributed by atoms with Crippen LogP contribution in [0.25, 0.3) is 0 Å². The van der Waals surface area contributed by atoms with E-state index in [-0.39, 0.29) is 16.8 Å². The molecule has 0 saturated carbocycles. The molecule has 2 heterocycles. The number of methoxy groups -OCH3 is 1. The standard InChI is InChI=1S/C36H39N4O2/c1-8-10-17-40-29-14-12-11-13-27(29)35(3,4)32(40)20-26-33(23(21-37)22-38)25(34(26)41)19-31-36(5,6)28-18-24(42-7)15-16-30(28)39(31)9-2/h11-16,18-20,37H,8-10,17H2,1-7H3/q+1. The number of para-hydroxylation sites is 1. The van der Waals surface area contributed by atoms with Crippen molar-refractivity contribution in [3.05, 3.63) is 93.7 Å². The Morgan fingerprint density at radius 1 is 1.07 bits per heavy atom. The highest BCUT2D eigenvalue weighted by molar-refractivity contribution is 6.27. The maximum absolute atomic E-state index is 14.0. The van der Waals surface area contributed by atoms with Gasteiger partial charge in [0.2, 0.25) is 5.69 Å². The highest BCUT2D eigenvalue weighted by atomic mass is 16.5. The van der Waals surface area contributed by atoms with E-state index >= 15 is 0 Å². The molecule has 2 aromatic carbocycles. The normalized spacial score (nSPS) is 20.0. The number of unbranched alkanes of at least 4 members (excludes halogenated alkanes) is 1. The summed E-state index contributed by atoms with van der Waals surface area (Å²) < 4.78 is 7.83. The second-order valence-electron chi connectivity index (χ2n) is 12.1. The van der Waals surface area contributed by atoms with Crippen LogP contribution in [0, 0.1) is 16.7 Å². The van der Waals surface area contributed by atoms with Crippen molar-refractivity contribution in [2.45, 2.75) is 65.2 Å². The number of nitrogens with zero attached hydrogens (tertiary/aromatic N) is 3. The zero-order valence-corrected chi connectivity index (χ0v) is 25.7. The van der Waals surface area contributed by atoms with Crippen molar-refractivity contribution in [2.24, 2.45) is 0 Å². The first-order valence-electron chi connectivity index (χ1n) is 14.7. The van der Waals surface area contributed by atoms with Crippen molar-refractivity contribution in [3.63, 3.8) is 0 Å². The molecule has 6 heteroatoms. The van der Waals surface area contributed by atoms with Gasteiger partial charge in [0.05, 0.1) is 12.5 Å². The van der Waals surface area contributed by atoms with Crippen LogP contribution in [0.1, 0.15) is 65.5 Å². The molecule has 0 amide bonds. The molecule has 2 aromatic rings. The van der Waals surface area contributed by atoms with E-state index in [4.69, 9.17) is 10.1 Å². The van der Waals surface area contributed by atoms with Gasteiger partial charge in [0.25, 0.3) is 0 Å². The number of anilines is 1. The van der Waals surface area contributed by atoms with Gasteiger partial charge in [0, 0.05) is 64.2 Å². The topological polar surface area (TPSA) is 80.2 Å². The van der Waals surface area contributed by atoms with E-state index in [1.165, 1.54) is 5.56 Å². The SMILES string of the molecule is CCCC[N+]1=C(C=C2C(=O)C(C=C3N(CC)c4ccc(OC)cc4C3(C)C)=C2C(=C=N)C#N)C(C)(C)c2ccccc21. The lowest BCUT2D eigenvalue weighted by molar-refractivity contribution is -0.438. The predicted octanol–water partition coefficient (Wildman–Crippen LogP) is 7.08. The minimum atomic E-state index is -0.403. The average Bonchev–Trinajstić information content (AvgIpc) is 3.34. The highest BCUT2D eigenvalue weighted by Gasteiger charge is 2.47. The van der Waals surface area contributed by atoms with Crippen molar-refractivity contribution in [1.29, 1.82) is 10.7 Å². The Hall–Kier alpha value is -4.46. The summed E-state index contributed by atoms with van der Waals surface area (Å²) in [5, 5.41) is 17.9. The van der Waals surface area contributed by atoms with Crippen LogP contribution in [-0.2, 0) is 15.6 Å². The number of carbonyl (C=O) groups excluding carboxylic acids is 1. The van der Waals surface area contributed by atoms with Crippen molar-refractivity contribution >= 4 is 28.7 Å². The van der Waals surface area contributed by atoms with E-state index in [1.54, 1.807) is 7.11 Å². The molecule has 3 aliphatic rings. The molecule has 2 aliphatic heterocycles. The van der Waals surface area contributed by atoms with Gasteiger partial charge in [-0.25, -0.2) is 0 Å². The third-order valence-electron chi connectivity index (χ3n) is 9.03. The number of ether oxygens (including phenoxy) is 1. The second-order valence-corrected chi connectivity index (χ2v) is 12.1. The number of hydrogen-bond acceptors (Lipinski definition) is 5. The number of Topliss-reactive ketones (excluding diaryl/α,β-unsaturated/α-hetero) is 1. The second kappa shape index (κ2) is 10.7. The van der Waals surface area contributed by atoms with E-state index in [9.17, 15) is 10.1 Å². The number of allylic oxidation sites excluding steroid dienone is 7. The number of hydrogen-bond donors (Lipinski definition) is 1. The quantitative estimate of drug-likeness (QED) is 0.162. The van der Waals surface area contributed by atoms with E-state index in [1.807, 2.05) is 18.2 Å². The molecule has 0 saturated heterocycles. The number of carbonyl (C=O) groups is 1. The largest absolute Gasteiger partial charge is 0.497 e. The summed E-state index contributed by atoms with van der Waals surface area (Å²) in [5.41, 5.74) is 7.33. The zero-order chi connectivity index (χ0) is 30.4. The Morgan fingerprint density at radius 3 is 2.45 bits per heavy atom. The highest BCUT2D eigenvalue weighted by Crippen LogP contribution is 2.50. The molecule has 1 aliphatic carbocycles. The van der Waals surface area contributed by atoms with Crippen LogP contribution in [-0.4, -0.2) is 42.1 Å². The fourth-order valence-corrected chi connectivity index (χ4v) is 6.66. The number of benzene rings is 2. The van der Waals surface area contributed by atoms with E-state index in [2.05, 4.69) is 99.4 Å². The Bertz CT molecular complexity index is 1720. The third-order valence-corrected chi connectivity index (χ3v) is 9.03. The first-order chi connectivity index (χ1) is 20.1. The molecule has 42 heavy (non-hydrogen) atoms. The number of fused-ring (bicyclic) bond motifs is 2. The van der Waals surface area contributed by atoms with Crippen molar-refractivity contribution in [3.8, 4) is 11.8 Å². The van der Waals surface area contributed by atoms with Crippen LogP contribution >= 0.6 is 0 Å². The number of rotatable bonds is 8. The lowest BCUT2D eigenvalue weighted by atomic mass is 9.73.